The number of benzene rings is 1. The molecule has 12 nitrogen and oxygen atoms in total. The van der Waals surface area contributed by atoms with Crippen molar-refractivity contribution in [3.05, 3.63) is 35.9 Å². The molecule has 0 unspecified atom stereocenters. The van der Waals surface area contributed by atoms with Gasteiger partial charge in [-0.25, -0.2) is 14.4 Å². The second-order valence-corrected chi connectivity index (χ2v) is 10.1. The van der Waals surface area contributed by atoms with Crippen molar-refractivity contribution in [1.29, 1.82) is 0 Å². The van der Waals surface area contributed by atoms with Crippen LogP contribution in [0.3, 0.4) is 0 Å². The van der Waals surface area contributed by atoms with Gasteiger partial charge in [0.1, 0.15) is 17.4 Å². The fraction of sp³-hybridized carbons (Fsp3) is 0.462. The van der Waals surface area contributed by atoms with Crippen molar-refractivity contribution < 1.29 is 47.3 Å². The van der Waals surface area contributed by atoms with E-state index in [4.69, 9.17) is 20.4 Å². The third kappa shape index (κ3) is 10.7. The van der Waals surface area contributed by atoms with Crippen LogP contribution in [0, 0.1) is 0 Å². The van der Waals surface area contributed by atoms with E-state index in [1.165, 1.54) is 16.2 Å². The number of carboxylic acid groups (broad SMARTS) is 2. The van der Waals surface area contributed by atoms with Crippen LogP contribution in [0.5, 0.6) is 5.75 Å². The summed E-state index contributed by atoms with van der Waals surface area (Å²) in [5.74, 6) is -2.39. The number of urea groups is 1. The number of hydrogen-bond donors (Lipinski definition) is 5. The first-order valence-corrected chi connectivity index (χ1v) is 13.8. The summed E-state index contributed by atoms with van der Waals surface area (Å²) in [6, 6.07) is 8.20. The van der Waals surface area contributed by atoms with Gasteiger partial charge in [-0.2, -0.15) is 13.2 Å². The lowest BCUT2D eigenvalue weighted by atomic mass is 10.1. The summed E-state index contributed by atoms with van der Waals surface area (Å²) in [7, 11) is 0. The smallest absolute Gasteiger partial charge is 0.490 e. The first-order chi connectivity index (χ1) is 19.7. The fourth-order valence-electron chi connectivity index (χ4n) is 3.99. The summed E-state index contributed by atoms with van der Waals surface area (Å²) < 4.78 is 37.6. The second-order valence-electron chi connectivity index (χ2n) is 9.09. The number of nitrogens with two attached hydrogens (primary N) is 1. The molecule has 0 aliphatic carbocycles. The molecule has 1 aliphatic rings. The molecule has 0 bridgehead atoms. The number of ether oxygens (including phenoxy) is 1. The number of amides is 4. The Morgan fingerprint density at radius 3 is 2.29 bits per heavy atom. The average Bonchev–Trinajstić information content (AvgIpc) is 3.34. The molecule has 1 fully saturated rings. The Morgan fingerprint density at radius 2 is 1.76 bits per heavy atom. The molecule has 2 aromatic rings. The lowest BCUT2D eigenvalue weighted by Crippen LogP contribution is -2.49. The van der Waals surface area contributed by atoms with Crippen LogP contribution in [0.4, 0.5) is 27.8 Å². The number of carbonyl (C=O) groups is 4. The minimum Gasteiger partial charge on any atom is -0.492 e. The van der Waals surface area contributed by atoms with Crippen molar-refractivity contribution in [3.8, 4) is 16.2 Å². The van der Waals surface area contributed by atoms with Crippen LogP contribution < -0.4 is 21.1 Å². The molecular weight excluding hydrogens is 583 g/mol. The number of thiophene rings is 1. The normalized spacial score (nSPS) is 14.9. The third-order valence-electron chi connectivity index (χ3n) is 6.19. The maximum absolute atomic E-state index is 13.0. The summed E-state index contributed by atoms with van der Waals surface area (Å²) in [5.41, 5.74) is 6.47. The third-order valence-corrected chi connectivity index (χ3v) is 7.29. The number of hydrogen-bond acceptors (Lipinski definition) is 7. The average molecular weight is 618 g/mol. The molecule has 3 rings (SSSR count). The molecule has 16 heteroatoms. The molecular formula is C26H34F3N5O7S. The summed E-state index contributed by atoms with van der Waals surface area (Å²) in [4.78, 5) is 49.1. The zero-order valence-electron chi connectivity index (χ0n) is 23.1. The van der Waals surface area contributed by atoms with E-state index in [0.717, 1.165) is 35.8 Å². The summed E-state index contributed by atoms with van der Waals surface area (Å²) in [6.45, 7) is 8.33. The van der Waals surface area contributed by atoms with Gasteiger partial charge in [0.05, 0.1) is 5.56 Å². The highest BCUT2D eigenvalue weighted by atomic mass is 32.1. The zero-order valence-corrected chi connectivity index (χ0v) is 23.9. The number of primary amides is 1. The van der Waals surface area contributed by atoms with Gasteiger partial charge in [-0.3, -0.25) is 10.1 Å². The van der Waals surface area contributed by atoms with Gasteiger partial charge in [-0.1, -0.05) is 13.8 Å². The van der Waals surface area contributed by atoms with Crippen molar-refractivity contribution in [2.75, 3.05) is 44.6 Å². The van der Waals surface area contributed by atoms with Gasteiger partial charge in [0.15, 0.2) is 0 Å². The van der Waals surface area contributed by atoms with E-state index in [1.807, 2.05) is 24.3 Å². The van der Waals surface area contributed by atoms with Crippen LogP contribution in [0.1, 0.15) is 37.0 Å². The summed E-state index contributed by atoms with van der Waals surface area (Å²) >= 11 is 1.25. The molecule has 232 valence electrons. The van der Waals surface area contributed by atoms with E-state index in [2.05, 4.69) is 29.4 Å². The van der Waals surface area contributed by atoms with Crippen LogP contribution in [0.25, 0.3) is 10.4 Å². The van der Waals surface area contributed by atoms with Crippen LogP contribution >= 0.6 is 11.3 Å². The van der Waals surface area contributed by atoms with E-state index < -0.39 is 24.3 Å². The number of piperidine rings is 1. The van der Waals surface area contributed by atoms with Crippen LogP contribution in [-0.2, 0) is 4.79 Å². The molecule has 6 N–H and O–H groups in total. The summed E-state index contributed by atoms with van der Waals surface area (Å²) in [6.07, 6.45) is -4.73. The first-order valence-electron chi connectivity index (χ1n) is 13.0. The second kappa shape index (κ2) is 15.8. The number of likely N-dealkylation sites (tertiary alicyclic amines) is 1. The highest BCUT2D eigenvalue weighted by Crippen LogP contribution is 2.36. The van der Waals surface area contributed by atoms with E-state index in [1.54, 1.807) is 6.07 Å². The molecule has 0 radical (unpaired) electrons. The van der Waals surface area contributed by atoms with E-state index in [0.29, 0.717) is 31.0 Å². The monoisotopic (exact) mass is 617 g/mol. The standard InChI is InChI=1S/C24H33N5O5S.C2HF3O2/c1-3-28(4-2)12-13-34-18-9-7-16(8-10-18)20-14-19(22(35-20)27-23(25)31)21(30)26-17-6-5-11-29(15-17)24(32)33;3-2(4,5)1(6)7/h7-10,14,17H,3-6,11-13,15H2,1-2H3,(H,26,30)(H,32,33)(H3,25,27,31);(H,6,7)/t17-;/m1./s1. The van der Waals surface area contributed by atoms with Crippen molar-refractivity contribution >= 4 is 40.3 Å². The number of alkyl halides is 3. The predicted molar refractivity (Wildman–Crippen MR) is 150 cm³/mol. The van der Waals surface area contributed by atoms with E-state index >= 15 is 0 Å². The molecule has 0 spiro atoms. The number of carboxylic acids is 1. The molecule has 1 aromatic carbocycles. The molecule has 1 atom stereocenters. The Morgan fingerprint density at radius 1 is 1.14 bits per heavy atom. The molecule has 4 amide bonds. The first kappa shape index (κ1) is 34.2. The Balaban J connectivity index is 0.000000782. The number of halogens is 3. The van der Waals surface area contributed by atoms with Crippen LogP contribution in [-0.4, -0.2) is 95.6 Å². The minimum absolute atomic E-state index is 0.229. The SMILES string of the molecule is CCN(CC)CCOc1ccc(-c2cc(C(=O)N[C@@H]3CCCN(C(=O)O)C3)c(NC(N)=O)s2)cc1.O=C(O)C(F)(F)F. The summed E-state index contributed by atoms with van der Waals surface area (Å²) in [5, 5.41) is 22.1. The number of likely N-dealkylation sites (N-methyl/N-ethyl adjacent to an activating group) is 1. The van der Waals surface area contributed by atoms with Gasteiger partial charge in [0, 0.05) is 30.6 Å². The number of nitrogens with one attached hydrogen (secondary N) is 2. The Kier molecular flexibility index (Phi) is 12.9. The van der Waals surface area contributed by atoms with Crippen molar-refractivity contribution in [1.82, 2.24) is 15.1 Å². The van der Waals surface area contributed by atoms with Gasteiger partial charge in [-0.15, -0.1) is 11.3 Å². The van der Waals surface area contributed by atoms with Gasteiger partial charge >= 0.3 is 24.3 Å². The number of carbonyl (C=O) groups excluding carboxylic acids is 2. The molecule has 1 saturated heterocycles. The maximum atomic E-state index is 13.0. The molecule has 0 saturated carbocycles. The molecule has 1 aromatic heterocycles. The van der Waals surface area contributed by atoms with Crippen LogP contribution in [0.2, 0.25) is 0 Å². The number of nitrogens with zero attached hydrogens (tertiary/aromatic N) is 2. The maximum Gasteiger partial charge on any atom is 0.490 e. The lowest BCUT2D eigenvalue weighted by Gasteiger charge is -2.31. The van der Waals surface area contributed by atoms with Crippen molar-refractivity contribution in [3.63, 3.8) is 0 Å². The van der Waals surface area contributed by atoms with Gasteiger partial charge in [0.2, 0.25) is 0 Å². The highest BCUT2D eigenvalue weighted by Gasteiger charge is 2.38. The lowest BCUT2D eigenvalue weighted by molar-refractivity contribution is -0.192. The van der Waals surface area contributed by atoms with E-state index in [9.17, 15) is 32.7 Å². The number of rotatable bonds is 10. The number of anilines is 1. The Bertz CT molecular complexity index is 1220. The van der Waals surface area contributed by atoms with Gasteiger partial charge in [0.25, 0.3) is 5.91 Å². The zero-order chi connectivity index (χ0) is 31.4. The van der Waals surface area contributed by atoms with Gasteiger partial charge < -0.3 is 35.8 Å². The molecule has 2 heterocycles. The Labute approximate surface area is 244 Å². The largest absolute Gasteiger partial charge is 0.492 e. The molecule has 1 aliphatic heterocycles. The predicted octanol–water partition coefficient (Wildman–Crippen LogP) is 4.13. The topological polar surface area (TPSA) is 175 Å². The minimum atomic E-state index is -5.08. The quantitative estimate of drug-likeness (QED) is 0.265. The fourth-order valence-corrected chi connectivity index (χ4v) is 5.05. The van der Waals surface area contributed by atoms with Crippen molar-refractivity contribution in [2.45, 2.75) is 38.9 Å². The number of aliphatic carboxylic acids is 1. The van der Waals surface area contributed by atoms with Gasteiger partial charge in [-0.05, 0) is 61.8 Å². The van der Waals surface area contributed by atoms with E-state index in [-0.39, 0.29) is 24.1 Å². The van der Waals surface area contributed by atoms with Crippen LogP contribution in [0.15, 0.2) is 30.3 Å². The molecule has 42 heavy (non-hydrogen) atoms. The Hall–Kier alpha value is -4.05. The highest BCUT2D eigenvalue weighted by molar-refractivity contribution is 7.20. The van der Waals surface area contributed by atoms with Crippen molar-refractivity contribution in [2.24, 2.45) is 5.73 Å².